The Bertz CT molecular complexity index is 179. The fraction of sp³-hybridized carbons (Fsp3) is 0.692. The molecule has 0 heterocycles. The summed E-state index contributed by atoms with van der Waals surface area (Å²) in [6, 6.07) is 0. The van der Waals surface area contributed by atoms with Gasteiger partial charge in [0.25, 0.3) is 0 Å². The SMILES string of the molecule is C=C(C)/C(NC)=C(\C)N(C)C.CC.CC. The molecule has 2 nitrogen and oxygen atoms in total. The topological polar surface area (TPSA) is 15.3 Å². The molecule has 0 aromatic rings. The first-order valence-electron chi connectivity index (χ1n) is 5.72. The summed E-state index contributed by atoms with van der Waals surface area (Å²) in [6.45, 7) is 16.0. The number of rotatable bonds is 3. The zero-order valence-electron chi connectivity index (χ0n) is 12.2. The first-order chi connectivity index (χ1) is 7.00. The molecule has 0 bridgehead atoms. The van der Waals surface area contributed by atoms with E-state index in [1.807, 2.05) is 55.8 Å². The van der Waals surface area contributed by atoms with E-state index in [9.17, 15) is 0 Å². The first kappa shape index (κ1) is 19.6. The lowest BCUT2D eigenvalue weighted by Crippen LogP contribution is -2.18. The number of likely N-dealkylation sites (N-methyl/N-ethyl adjacent to an activating group) is 1. The van der Waals surface area contributed by atoms with Crippen molar-refractivity contribution >= 4 is 0 Å². The molecule has 0 aromatic heterocycles. The Balaban J connectivity index is -0.000000318. The average molecular weight is 214 g/mol. The zero-order valence-corrected chi connectivity index (χ0v) is 12.2. The summed E-state index contributed by atoms with van der Waals surface area (Å²) in [4.78, 5) is 2.07. The van der Waals surface area contributed by atoms with Gasteiger partial charge in [0.1, 0.15) is 0 Å². The molecule has 0 saturated heterocycles. The number of hydrogen-bond donors (Lipinski definition) is 1. The second-order valence-corrected chi connectivity index (χ2v) is 2.89. The summed E-state index contributed by atoms with van der Waals surface area (Å²) in [6.07, 6.45) is 0. The molecular weight excluding hydrogens is 184 g/mol. The monoisotopic (exact) mass is 214 g/mol. The van der Waals surface area contributed by atoms with Crippen LogP contribution in [0, 0.1) is 0 Å². The summed E-state index contributed by atoms with van der Waals surface area (Å²) in [5, 5.41) is 3.12. The van der Waals surface area contributed by atoms with Crippen molar-refractivity contribution in [1.29, 1.82) is 0 Å². The van der Waals surface area contributed by atoms with E-state index in [2.05, 4.69) is 23.7 Å². The second kappa shape index (κ2) is 13.1. The van der Waals surface area contributed by atoms with Crippen molar-refractivity contribution in [2.75, 3.05) is 21.1 Å². The van der Waals surface area contributed by atoms with E-state index in [0.29, 0.717) is 0 Å². The number of hydrogen-bond acceptors (Lipinski definition) is 2. The highest BCUT2D eigenvalue weighted by molar-refractivity contribution is 5.28. The minimum atomic E-state index is 1.07. The van der Waals surface area contributed by atoms with Crippen LogP contribution >= 0.6 is 0 Å². The number of nitrogens with zero attached hydrogens (tertiary/aromatic N) is 1. The fourth-order valence-electron chi connectivity index (χ4n) is 0.927. The summed E-state index contributed by atoms with van der Waals surface area (Å²) in [5.74, 6) is 0. The lowest BCUT2D eigenvalue weighted by atomic mass is 10.2. The molecule has 15 heavy (non-hydrogen) atoms. The fourth-order valence-corrected chi connectivity index (χ4v) is 0.927. The Morgan fingerprint density at radius 2 is 1.33 bits per heavy atom. The van der Waals surface area contributed by atoms with Crippen LogP contribution in [0.1, 0.15) is 41.5 Å². The molecule has 0 aromatic carbocycles. The van der Waals surface area contributed by atoms with Crippen LogP contribution in [0.2, 0.25) is 0 Å². The standard InChI is InChI=1S/C9H18N2.2C2H6/c1-7(2)9(10-4)8(3)11(5)6;2*1-2/h10H,1H2,2-6H3;2*1-2H3/b9-8-;;. The van der Waals surface area contributed by atoms with Crippen LogP contribution in [0.25, 0.3) is 0 Å². The molecule has 0 aliphatic rings. The van der Waals surface area contributed by atoms with Gasteiger partial charge in [-0.3, -0.25) is 0 Å². The predicted octanol–water partition coefficient (Wildman–Crippen LogP) is 3.63. The highest BCUT2D eigenvalue weighted by atomic mass is 15.1. The zero-order chi connectivity index (χ0) is 13.0. The Morgan fingerprint density at radius 3 is 1.40 bits per heavy atom. The molecule has 1 N–H and O–H groups in total. The van der Waals surface area contributed by atoms with Gasteiger partial charge in [0.05, 0.1) is 5.70 Å². The van der Waals surface area contributed by atoms with Crippen LogP contribution in [0.15, 0.2) is 23.5 Å². The van der Waals surface area contributed by atoms with Crippen LogP contribution in [-0.2, 0) is 0 Å². The van der Waals surface area contributed by atoms with E-state index in [-0.39, 0.29) is 0 Å². The summed E-state index contributed by atoms with van der Waals surface area (Å²) < 4.78 is 0. The number of nitrogens with one attached hydrogen (secondary N) is 1. The van der Waals surface area contributed by atoms with E-state index >= 15 is 0 Å². The maximum Gasteiger partial charge on any atom is 0.0553 e. The predicted molar refractivity (Wildman–Crippen MR) is 73.0 cm³/mol. The normalized spacial score (nSPS) is 9.67. The quantitative estimate of drug-likeness (QED) is 0.722. The lowest BCUT2D eigenvalue weighted by Gasteiger charge is -2.18. The third-order valence-electron chi connectivity index (χ3n) is 1.71. The molecule has 0 aliphatic carbocycles. The minimum absolute atomic E-state index is 1.07. The smallest absolute Gasteiger partial charge is 0.0553 e. The largest absolute Gasteiger partial charge is 0.387 e. The summed E-state index contributed by atoms with van der Waals surface area (Å²) >= 11 is 0. The van der Waals surface area contributed by atoms with Crippen LogP contribution < -0.4 is 5.32 Å². The van der Waals surface area contributed by atoms with Gasteiger partial charge in [-0.2, -0.15) is 0 Å². The Morgan fingerprint density at radius 1 is 1.00 bits per heavy atom. The van der Waals surface area contributed by atoms with E-state index in [1.54, 1.807) is 0 Å². The molecule has 92 valence electrons. The Hall–Kier alpha value is -0.920. The van der Waals surface area contributed by atoms with Gasteiger partial charge in [-0.1, -0.05) is 34.3 Å². The van der Waals surface area contributed by atoms with E-state index < -0.39 is 0 Å². The van der Waals surface area contributed by atoms with Crippen LogP contribution in [0.4, 0.5) is 0 Å². The maximum atomic E-state index is 3.88. The molecule has 0 spiro atoms. The van der Waals surface area contributed by atoms with Crippen LogP contribution in [-0.4, -0.2) is 26.0 Å². The van der Waals surface area contributed by atoms with Gasteiger partial charge in [-0.15, -0.1) is 0 Å². The van der Waals surface area contributed by atoms with Gasteiger partial charge in [0, 0.05) is 26.8 Å². The highest BCUT2D eigenvalue weighted by Crippen LogP contribution is 2.09. The van der Waals surface area contributed by atoms with E-state index in [4.69, 9.17) is 0 Å². The molecular formula is C13H30N2. The minimum Gasteiger partial charge on any atom is -0.387 e. The molecule has 0 unspecified atom stereocenters. The average Bonchev–Trinajstić information content (AvgIpc) is 2.24. The van der Waals surface area contributed by atoms with Gasteiger partial charge in [-0.25, -0.2) is 0 Å². The molecule has 0 rings (SSSR count). The van der Waals surface area contributed by atoms with Crippen LogP contribution in [0.3, 0.4) is 0 Å². The first-order valence-corrected chi connectivity index (χ1v) is 5.72. The van der Waals surface area contributed by atoms with Crippen molar-refractivity contribution in [1.82, 2.24) is 10.2 Å². The molecule has 0 amide bonds. The molecule has 0 atom stereocenters. The van der Waals surface area contributed by atoms with E-state index in [0.717, 1.165) is 11.3 Å². The van der Waals surface area contributed by atoms with Crippen molar-refractivity contribution in [2.45, 2.75) is 41.5 Å². The third kappa shape index (κ3) is 9.39. The maximum absolute atomic E-state index is 3.88. The van der Waals surface area contributed by atoms with Crippen molar-refractivity contribution in [2.24, 2.45) is 0 Å². The molecule has 0 fully saturated rings. The molecule has 0 radical (unpaired) electrons. The Kier molecular flexibility index (Phi) is 17.1. The third-order valence-corrected chi connectivity index (χ3v) is 1.71. The highest BCUT2D eigenvalue weighted by Gasteiger charge is 2.01. The van der Waals surface area contributed by atoms with E-state index in [1.165, 1.54) is 5.70 Å². The van der Waals surface area contributed by atoms with Crippen molar-refractivity contribution in [3.63, 3.8) is 0 Å². The number of allylic oxidation sites excluding steroid dienone is 2. The Labute approximate surface area is 97.1 Å². The molecule has 0 saturated carbocycles. The van der Waals surface area contributed by atoms with Gasteiger partial charge < -0.3 is 10.2 Å². The lowest BCUT2D eigenvalue weighted by molar-refractivity contribution is 0.503. The summed E-state index contributed by atoms with van der Waals surface area (Å²) in [7, 11) is 5.96. The van der Waals surface area contributed by atoms with Crippen LogP contribution in [0.5, 0.6) is 0 Å². The molecule has 0 aliphatic heterocycles. The summed E-state index contributed by atoms with van der Waals surface area (Å²) in [5.41, 5.74) is 3.40. The van der Waals surface area contributed by atoms with Gasteiger partial charge in [0.2, 0.25) is 0 Å². The van der Waals surface area contributed by atoms with Crippen molar-refractivity contribution in [3.8, 4) is 0 Å². The van der Waals surface area contributed by atoms with Gasteiger partial charge in [0.15, 0.2) is 0 Å². The second-order valence-electron chi connectivity index (χ2n) is 2.89. The van der Waals surface area contributed by atoms with Gasteiger partial charge in [-0.05, 0) is 19.4 Å². The van der Waals surface area contributed by atoms with Gasteiger partial charge >= 0.3 is 0 Å². The molecule has 2 heteroatoms. The van der Waals surface area contributed by atoms with Crippen molar-refractivity contribution < 1.29 is 0 Å². The van der Waals surface area contributed by atoms with Crippen molar-refractivity contribution in [3.05, 3.63) is 23.5 Å².